The zero-order valence-electron chi connectivity index (χ0n) is 13.8. The Hall–Kier alpha value is -1.49. The highest BCUT2D eigenvalue weighted by Gasteiger charge is 2.73. The van der Waals surface area contributed by atoms with E-state index in [0.29, 0.717) is 0 Å². The number of rotatable bonds is 1. The summed E-state index contributed by atoms with van der Waals surface area (Å²) in [5.74, 6) is 0.875. The molecule has 0 bridgehead atoms. The summed E-state index contributed by atoms with van der Waals surface area (Å²) in [5, 5.41) is 0. The maximum absolute atomic E-state index is 13.1. The summed E-state index contributed by atoms with van der Waals surface area (Å²) in [7, 11) is 1.87. The van der Waals surface area contributed by atoms with Crippen molar-refractivity contribution in [3.05, 3.63) is 35.9 Å². The summed E-state index contributed by atoms with van der Waals surface area (Å²) in [6, 6.07) is 10.4. The van der Waals surface area contributed by atoms with Crippen LogP contribution >= 0.6 is 11.8 Å². The van der Waals surface area contributed by atoms with Crippen LogP contribution in [0.4, 0.5) is 0 Å². The summed E-state index contributed by atoms with van der Waals surface area (Å²) in [5.41, 5.74) is 0.138. The number of amides is 2. The van der Waals surface area contributed by atoms with Gasteiger partial charge in [-0.15, -0.1) is 11.8 Å². The van der Waals surface area contributed by atoms with E-state index in [4.69, 9.17) is 0 Å². The van der Waals surface area contributed by atoms with Crippen LogP contribution in [-0.2, 0) is 15.0 Å². The molecule has 0 aliphatic carbocycles. The molecule has 0 saturated carbocycles. The van der Waals surface area contributed by atoms with Gasteiger partial charge in [-0.05, 0) is 32.3 Å². The molecule has 4 nitrogen and oxygen atoms in total. The number of thioether (sulfide) groups is 1. The molecule has 122 valence electrons. The van der Waals surface area contributed by atoms with Gasteiger partial charge in [0.1, 0.15) is 5.41 Å². The van der Waals surface area contributed by atoms with Gasteiger partial charge in [0.15, 0.2) is 4.99 Å². The lowest BCUT2D eigenvalue weighted by atomic mass is 9.68. The number of nitrogens with zero attached hydrogens (tertiary/aromatic N) is 2. The van der Waals surface area contributed by atoms with Crippen molar-refractivity contribution in [2.75, 3.05) is 19.3 Å². The molecule has 1 spiro atoms. The smallest absolute Gasteiger partial charge is 0.240 e. The second-order valence-electron chi connectivity index (χ2n) is 7.39. The number of carbonyl (C=O) groups excluding carboxylic acids is 2. The van der Waals surface area contributed by atoms with Crippen molar-refractivity contribution in [3.63, 3.8) is 0 Å². The van der Waals surface area contributed by atoms with E-state index in [0.717, 1.165) is 25.1 Å². The summed E-state index contributed by atoms with van der Waals surface area (Å²) in [4.78, 5) is 29.3. The predicted octanol–water partition coefficient (Wildman–Crippen LogP) is 2.45. The van der Waals surface area contributed by atoms with Crippen LogP contribution in [-0.4, -0.2) is 46.0 Å². The molecule has 0 radical (unpaired) electrons. The molecular weight excluding hydrogens is 308 g/mol. The minimum atomic E-state index is -0.962. The summed E-state index contributed by atoms with van der Waals surface area (Å²) < 4.78 is 0. The molecule has 23 heavy (non-hydrogen) atoms. The van der Waals surface area contributed by atoms with Crippen LogP contribution in [0.15, 0.2) is 30.3 Å². The molecule has 3 aliphatic rings. The Morgan fingerprint density at radius 3 is 2.39 bits per heavy atom. The van der Waals surface area contributed by atoms with E-state index in [-0.39, 0.29) is 17.2 Å². The molecule has 2 atom stereocenters. The standard InChI is InChI=1S/C18H22N2O2S/c1-16(2)14(21)19(3)18-17(12-23-18,13-8-5-4-6-9-13)10-7-11-20(18)15(16)22/h4-6,8-9H,7,10-12H2,1-3H3. The summed E-state index contributed by atoms with van der Waals surface area (Å²) >= 11 is 1.74. The highest BCUT2D eigenvalue weighted by Crippen LogP contribution is 2.65. The van der Waals surface area contributed by atoms with Gasteiger partial charge in [-0.3, -0.25) is 9.59 Å². The number of hydrogen-bond donors (Lipinski definition) is 0. The number of likely N-dealkylation sites (N-methyl/N-ethyl adjacent to an activating group) is 1. The summed E-state index contributed by atoms with van der Waals surface area (Å²) in [6.45, 7) is 4.24. The third kappa shape index (κ3) is 1.54. The highest BCUT2D eigenvalue weighted by atomic mass is 32.2. The van der Waals surface area contributed by atoms with Gasteiger partial charge in [-0.1, -0.05) is 30.3 Å². The van der Waals surface area contributed by atoms with Crippen molar-refractivity contribution >= 4 is 23.6 Å². The van der Waals surface area contributed by atoms with Crippen LogP contribution in [0.2, 0.25) is 0 Å². The van der Waals surface area contributed by atoms with Crippen molar-refractivity contribution in [1.82, 2.24) is 9.80 Å². The van der Waals surface area contributed by atoms with E-state index in [1.807, 2.05) is 22.9 Å². The van der Waals surface area contributed by atoms with Crippen molar-refractivity contribution in [2.24, 2.45) is 5.41 Å². The van der Waals surface area contributed by atoms with Crippen molar-refractivity contribution in [3.8, 4) is 0 Å². The molecule has 3 aliphatic heterocycles. The third-order valence-corrected chi connectivity index (χ3v) is 7.82. The quantitative estimate of drug-likeness (QED) is 0.743. The molecule has 2 amide bonds. The van der Waals surface area contributed by atoms with E-state index in [9.17, 15) is 9.59 Å². The maximum Gasteiger partial charge on any atom is 0.240 e. The largest absolute Gasteiger partial charge is 0.312 e. The first-order chi connectivity index (χ1) is 10.9. The third-order valence-electron chi connectivity index (χ3n) is 5.89. The van der Waals surface area contributed by atoms with Crippen LogP contribution in [0.3, 0.4) is 0 Å². The number of carbonyl (C=O) groups is 2. The fourth-order valence-electron chi connectivity index (χ4n) is 4.63. The molecule has 2 unspecified atom stereocenters. The average Bonchev–Trinajstić information content (AvgIpc) is 2.53. The normalized spacial score (nSPS) is 35.4. The molecule has 1 aromatic carbocycles. The van der Waals surface area contributed by atoms with E-state index >= 15 is 0 Å². The minimum absolute atomic E-state index is 0.0205. The first-order valence-electron chi connectivity index (χ1n) is 8.18. The Morgan fingerprint density at radius 1 is 1.09 bits per heavy atom. The first kappa shape index (κ1) is 15.1. The first-order valence-corrected chi connectivity index (χ1v) is 9.16. The minimum Gasteiger partial charge on any atom is -0.312 e. The molecule has 5 heteroatoms. The number of piperidine rings is 1. The molecule has 3 heterocycles. The highest BCUT2D eigenvalue weighted by molar-refractivity contribution is 8.02. The van der Waals surface area contributed by atoms with Crippen molar-refractivity contribution in [2.45, 2.75) is 37.1 Å². The van der Waals surface area contributed by atoms with Crippen LogP contribution in [0.5, 0.6) is 0 Å². The van der Waals surface area contributed by atoms with Gasteiger partial charge in [0, 0.05) is 19.3 Å². The molecule has 3 saturated heterocycles. The Balaban J connectivity index is 1.90. The average molecular weight is 330 g/mol. The SMILES string of the molecule is CN1C(=O)C(C)(C)C(=O)N2CCCC3(c4ccccc4)CSC123. The second-order valence-corrected chi connectivity index (χ2v) is 8.54. The monoisotopic (exact) mass is 330 g/mol. The van der Waals surface area contributed by atoms with Crippen LogP contribution < -0.4 is 0 Å². The molecule has 0 aromatic heterocycles. The topological polar surface area (TPSA) is 40.6 Å². The van der Waals surface area contributed by atoms with Gasteiger partial charge < -0.3 is 9.80 Å². The van der Waals surface area contributed by atoms with E-state index in [1.165, 1.54) is 5.56 Å². The van der Waals surface area contributed by atoms with E-state index in [1.54, 1.807) is 25.6 Å². The van der Waals surface area contributed by atoms with E-state index < -0.39 is 10.4 Å². The lowest BCUT2D eigenvalue weighted by Crippen LogP contribution is -2.83. The fraction of sp³-hybridized carbons (Fsp3) is 0.556. The van der Waals surface area contributed by atoms with Crippen LogP contribution in [0.25, 0.3) is 0 Å². The van der Waals surface area contributed by atoms with Crippen LogP contribution in [0.1, 0.15) is 32.3 Å². The van der Waals surface area contributed by atoms with Gasteiger partial charge in [-0.2, -0.15) is 0 Å². The van der Waals surface area contributed by atoms with Crippen molar-refractivity contribution in [1.29, 1.82) is 0 Å². The van der Waals surface area contributed by atoms with E-state index in [2.05, 4.69) is 24.3 Å². The Morgan fingerprint density at radius 2 is 1.78 bits per heavy atom. The van der Waals surface area contributed by atoms with Crippen LogP contribution in [0, 0.1) is 5.41 Å². The Labute approximate surface area is 141 Å². The zero-order chi connectivity index (χ0) is 16.5. The van der Waals surface area contributed by atoms with Gasteiger partial charge in [0.05, 0.1) is 5.41 Å². The van der Waals surface area contributed by atoms with Gasteiger partial charge in [0.25, 0.3) is 0 Å². The van der Waals surface area contributed by atoms with Crippen molar-refractivity contribution < 1.29 is 9.59 Å². The number of hydrogen-bond acceptors (Lipinski definition) is 3. The fourth-order valence-corrected chi connectivity index (χ4v) is 6.52. The molecule has 0 N–H and O–H groups in total. The second kappa shape index (κ2) is 4.53. The molecule has 4 rings (SSSR count). The van der Waals surface area contributed by atoms with Gasteiger partial charge in [0.2, 0.25) is 11.8 Å². The Bertz CT molecular complexity index is 690. The lowest BCUT2D eigenvalue weighted by Gasteiger charge is -2.71. The number of benzene rings is 1. The van der Waals surface area contributed by atoms with Gasteiger partial charge in [-0.25, -0.2) is 0 Å². The zero-order valence-corrected chi connectivity index (χ0v) is 14.7. The lowest BCUT2D eigenvalue weighted by molar-refractivity contribution is -0.187. The molecular formula is C18H22N2O2S. The molecule has 1 aromatic rings. The summed E-state index contributed by atoms with van der Waals surface area (Å²) in [6.07, 6.45) is 2.01. The maximum atomic E-state index is 13.1. The van der Waals surface area contributed by atoms with Gasteiger partial charge >= 0.3 is 0 Å². The molecule has 3 fully saturated rings. The predicted molar refractivity (Wildman–Crippen MR) is 90.8 cm³/mol. The Kier molecular flexibility index (Phi) is 2.97.